The number of nitrogens with two attached hydrogens (primary N) is 1. The largest absolute Gasteiger partial charge is 0.465 e. The molecule has 2 atom stereocenters. The Morgan fingerprint density at radius 1 is 1.29 bits per heavy atom. The predicted molar refractivity (Wildman–Crippen MR) is 96.4 cm³/mol. The molecule has 1 aromatic carbocycles. The lowest BCUT2D eigenvalue weighted by Gasteiger charge is -2.33. The Morgan fingerprint density at radius 3 is 2.54 bits per heavy atom. The van der Waals surface area contributed by atoms with Crippen LogP contribution >= 0.6 is 22.6 Å². The summed E-state index contributed by atoms with van der Waals surface area (Å²) >= 11 is 2.18. The van der Waals surface area contributed by atoms with Crippen LogP contribution in [-0.4, -0.2) is 46.5 Å². The van der Waals surface area contributed by atoms with Crippen LogP contribution in [0.15, 0.2) is 24.3 Å². The van der Waals surface area contributed by atoms with Gasteiger partial charge in [-0.1, -0.05) is 12.1 Å². The molecule has 1 fully saturated rings. The number of benzene rings is 1. The zero-order chi connectivity index (χ0) is 17.7. The number of primary amides is 1. The van der Waals surface area contributed by atoms with Crippen LogP contribution in [0.4, 0.5) is 4.79 Å². The van der Waals surface area contributed by atoms with Gasteiger partial charge in [0.2, 0.25) is 11.8 Å². The van der Waals surface area contributed by atoms with Crippen molar-refractivity contribution >= 4 is 40.5 Å². The fourth-order valence-electron chi connectivity index (χ4n) is 2.78. The molecule has 24 heavy (non-hydrogen) atoms. The summed E-state index contributed by atoms with van der Waals surface area (Å²) in [5.41, 5.74) is 6.28. The van der Waals surface area contributed by atoms with E-state index in [-0.39, 0.29) is 6.42 Å². The fraction of sp³-hybridized carbons (Fsp3) is 0.438. The van der Waals surface area contributed by atoms with Crippen LogP contribution in [0.25, 0.3) is 0 Å². The molecule has 1 saturated heterocycles. The molecule has 0 radical (unpaired) electrons. The van der Waals surface area contributed by atoms with Crippen molar-refractivity contribution in [1.82, 2.24) is 10.2 Å². The van der Waals surface area contributed by atoms with Crippen LogP contribution in [-0.2, 0) is 16.0 Å². The summed E-state index contributed by atoms with van der Waals surface area (Å²) in [7, 11) is 0. The van der Waals surface area contributed by atoms with Gasteiger partial charge in [0.05, 0.1) is 0 Å². The molecule has 1 aromatic rings. The standard InChI is InChI=1S/C16H20IN3O4/c17-11-6-4-10(5-7-11)9-12(14(18)21)19-15(22)13-3-1-2-8-20(13)16(23)24/h4-7,12-13H,1-3,8-9H2,(H2,18,21)(H,19,22)(H,23,24)/t12-,13?/m0/s1. The molecule has 7 nitrogen and oxygen atoms in total. The molecular formula is C16H20IN3O4. The van der Waals surface area contributed by atoms with E-state index < -0.39 is 30.0 Å². The summed E-state index contributed by atoms with van der Waals surface area (Å²) in [6.07, 6.45) is 1.12. The lowest BCUT2D eigenvalue weighted by Crippen LogP contribution is -2.56. The summed E-state index contributed by atoms with van der Waals surface area (Å²) in [4.78, 5) is 36.5. The van der Waals surface area contributed by atoms with Gasteiger partial charge in [-0.25, -0.2) is 4.79 Å². The van der Waals surface area contributed by atoms with Gasteiger partial charge < -0.3 is 16.2 Å². The van der Waals surface area contributed by atoms with Crippen molar-refractivity contribution in [1.29, 1.82) is 0 Å². The number of nitrogens with zero attached hydrogens (tertiary/aromatic N) is 1. The monoisotopic (exact) mass is 445 g/mol. The van der Waals surface area contributed by atoms with Crippen LogP contribution in [0.3, 0.4) is 0 Å². The van der Waals surface area contributed by atoms with Gasteiger partial charge in [0.1, 0.15) is 12.1 Å². The maximum Gasteiger partial charge on any atom is 0.407 e. The topological polar surface area (TPSA) is 113 Å². The molecule has 0 bridgehead atoms. The fourth-order valence-corrected chi connectivity index (χ4v) is 3.14. The molecule has 0 spiro atoms. The average Bonchev–Trinajstić information content (AvgIpc) is 2.56. The number of nitrogens with one attached hydrogen (secondary N) is 1. The zero-order valence-electron chi connectivity index (χ0n) is 13.1. The summed E-state index contributed by atoms with van der Waals surface area (Å²) in [6.45, 7) is 0.325. The third-order valence-electron chi connectivity index (χ3n) is 4.06. The Bertz CT molecular complexity index is 620. The van der Waals surface area contributed by atoms with Crippen LogP contribution in [0, 0.1) is 3.57 Å². The first-order valence-corrected chi connectivity index (χ1v) is 8.80. The van der Waals surface area contributed by atoms with Crippen LogP contribution < -0.4 is 11.1 Å². The molecule has 0 saturated carbocycles. The first kappa shape index (κ1) is 18.5. The maximum absolute atomic E-state index is 12.4. The Morgan fingerprint density at radius 2 is 1.96 bits per heavy atom. The molecular weight excluding hydrogens is 425 g/mol. The third kappa shape index (κ3) is 4.83. The molecule has 0 aliphatic carbocycles. The van der Waals surface area contributed by atoms with Gasteiger partial charge in [-0.15, -0.1) is 0 Å². The van der Waals surface area contributed by atoms with Crippen molar-refractivity contribution in [2.45, 2.75) is 37.8 Å². The third-order valence-corrected chi connectivity index (χ3v) is 4.78. The Labute approximate surface area is 153 Å². The van der Waals surface area contributed by atoms with Gasteiger partial charge in [0.15, 0.2) is 0 Å². The van der Waals surface area contributed by atoms with Gasteiger partial charge in [0, 0.05) is 16.5 Å². The van der Waals surface area contributed by atoms with Crippen molar-refractivity contribution in [3.8, 4) is 0 Å². The number of carbonyl (C=O) groups is 3. The number of carbonyl (C=O) groups excluding carboxylic acids is 2. The van der Waals surface area contributed by atoms with Gasteiger partial charge >= 0.3 is 6.09 Å². The van der Waals surface area contributed by atoms with E-state index in [2.05, 4.69) is 27.9 Å². The molecule has 1 aliphatic rings. The summed E-state index contributed by atoms with van der Waals surface area (Å²) in [6, 6.07) is 5.92. The highest BCUT2D eigenvalue weighted by atomic mass is 127. The van der Waals surface area contributed by atoms with Gasteiger partial charge in [-0.05, 0) is 59.5 Å². The molecule has 1 unspecified atom stereocenters. The molecule has 0 aromatic heterocycles. The van der Waals surface area contributed by atoms with E-state index in [4.69, 9.17) is 5.73 Å². The number of piperidine rings is 1. The van der Waals surface area contributed by atoms with Gasteiger partial charge in [0.25, 0.3) is 0 Å². The van der Waals surface area contributed by atoms with Gasteiger partial charge in [-0.2, -0.15) is 0 Å². The van der Waals surface area contributed by atoms with Crippen molar-refractivity contribution in [3.63, 3.8) is 0 Å². The summed E-state index contributed by atoms with van der Waals surface area (Å²) < 4.78 is 1.07. The Hall–Kier alpha value is -1.84. The van der Waals surface area contributed by atoms with Crippen LogP contribution in [0.2, 0.25) is 0 Å². The van der Waals surface area contributed by atoms with E-state index in [0.29, 0.717) is 13.0 Å². The highest BCUT2D eigenvalue weighted by molar-refractivity contribution is 14.1. The Balaban J connectivity index is 2.06. The first-order chi connectivity index (χ1) is 11.4. The number of rotatable bonds is 5. The smallest absolute Gasteiger partial charge is 0.407 e. The number of likely N-dealkylation sites (tertiary alicyclic amines) is 1. The number of halogens is 1. The molecule has 130 valence electrons. The molecule has 3 amide bonds. The lowest BCUT2D eigenvalue weighted by molar-refractivity contribution is -0.131. The van der Waals surface area contributed by atoms with Crippen molar-refractivity contribution in [2.75, 3.05) is 6.54 Å². The van der Waals surface area contributed by atoms with Crippen molar-refractivity contribution < 1.29 is 19.5 Å². The minimum atomic E-state index is -1.12. The normalized spacial score (nSPS) is 18.7. The van der Waals surface area contributed by atoms with E-state index >= 15 is 0 Å². The maximum atomic E-state index is 12.4. The highest BCUT2D eigenvalue weighted by Crippen LogP contribution is 2.18. The number of amides is 3. The highest BCUT2D eigenvalue weighted by Gasteiger charge is 2.33. The predicted octanol–water partition coefficient (Wildman–Crippen LogP) is 1.34. The summed E-state index contributed by atoms with van der Waals surface area (Å²) in [5.74, 6) is -1.11. The number of carboxylic acid groups (broad SMARTS) is 1. The molecule has 1 heterocycles. The van der Waals surface area contributed by atoms with E-state index in [1.807, 2.05) is 24.3 Å². The summed E-state index contributed by atoms with van der Waals surface area (Å²) in [5, 5.41) is 11.8. The molecule has 4 N–H and O–H groups in total. The quantitative estimate of drug-likeness (QED) is 0.594. The zero-order valence-corrected chi connectivity index (χ0v) is 15.2. The van der Waals surface area contributed by atoms with Gasteiger partial charge in [-0.3, -0.25) is 14.5 Å². The minimum absolute atomic E-state index is 0.276. The lowest BCUT2D eigenvalue weighted by atomic mass is 10.0. The second-order valence-corrected chi connectivity index (χ2v) is 7.03. The molecule has 1 aliphatic heterocycles. The van der Waals surface area contributed by atoms with E-state index in [9.17, 15) is 19.5 Å². The average molecular weight is 445 g/mol. The van der Waals surface area contributed by atoms with E-state index in [0.717, 1.165) is 26.9 Å². The van der Waals surface area contributed by atoms with E-state index in [1.165, 1.54) is 0 Å². The first-order valence-electron chi connectivity index (χ1n) is 7.72. The van der Waals surface area contributed by atoms with Crippen molar-refractivity contribution in [3.05, 3.63) is 33.4 Å². The second kappa shape index (κ2) is 8.32. The number of hydrogen-bond donors (Lipinski definition) is 3. The molecule has 8 heteroatoms. The SMILES string of the molecule is NC(=O)[C@H](Cc1ccc(I)cc1)NC(=O)C1CCCCN1C(=O)O. The van der Waals surface area contributed by atoms with Crippen LogP contribution in [0.5, 0.6) is 0 Å². The number of hydrogen-bond acceptors (Lipinski definition) is 3. The van der Waals surface area contributed by atoms with Crippen molar-refractivity contribution in [2.24, 2.45) is 5.73 Å². The van der Waals surface area contributed by atoms with Crippen LogP contribution in [0.1, 0.15) is 24.8 Å². The second-order valence-electron chi connectivity index (χ2n) is 5.78. The minimum Gasteiger partial charge on any atom is -0.465 e. The van der Waals surface area contributed by atoms with E-state index in [1.54, 1.807) is 0 Å². The molecule has 2 rings (SSSR count). The Kier molecular flexibility index (Phi) is 6.41.